The third kappa shape index (κ3) is 4.05. The van der Waals surface area contributed by atoms with Gasteiger partial charge in [0.1, 0.15) is 5.82 Å². The molecule has 0 radical (unpaired) electrons. The van der Waals surface area contributed by atoms with E-state index in [4.69, 9.17) is 0 Å². The lowest BCUT2D eigenvalue weighted by Gasteiger charge is -2.30. The molecule has 0 saturated carbocycles. The zero-order valence-electron chi connectivity index (χ0n) is 14.1. The predicted molar refractivity (Wildman–Crippen MR) is 95.5 cm³/mol. The fourth-order valence-electron chi connectivity index (χ4n) is 2.87. The number of anilines is 1. The highest BCUT2D eigenvalue weighted by molar-refractivity contribution is 7.89. The van der Waals surface area contributed by atoms with Crippen molar-refractivity contribution in [1.82, 2.24) is 9.29 Å². The molecule has 0 bridgehead atoms. The lowest BCUT2D eigenvalue weighted by molar-refractivity contribution is -0.120. The third-order valence-corrected chi connectivity index (χ3v) is 6.28. The smallest absolute Gasteiger partial charge is 0.243 e. The molecule has 0 atom stereocenters. The summed E-state index contributed by atoms with van der Waals surface area (Å²) in [6.45, 7) is 2.62. The minimum absolute atomic E-state index is 0.104. The molecule has 2 aromatic rings. The molecular formula is C18H21N3O3S. The summed E-state index contributed by atoms with van der Waals surface area (Å²) in [6.07, 6.45) is 2.71. The number of aromatic nitrogens is 1. The van der Waals surface area contributed by atoms with Crippen LogP contribution in [0.2, 0.25) is 0 Å². The summed E-state index contributed by atoms with van der Waals surface area (Å²) < 4.78 is 26.7. The molecule has 1 aromatic heterocycles. The first-order valence-electron chi connectivity index (χ1n) is 8.25. The number of sulfonamides is 1. The molecule has 1 N–H and O–H groups in total. The minimum Gasteiger partial charge on any atom is -0.310 e. The van der Waals surface area contributed by atoms with Gasteiger partial charge in [-0.25, -0.2) is 13.4 Å². The minimum atomic E-state index is -3.49. The van der Waals surface area contributed by atoms with Crippen molar-refractivity contribution >= 4 is 21.7 Å². The van der Waals surface area contributed by atoms with Crippen LogP contribution in [-0.2, 0) is 14.8 Å². The van der Waals surface area contributed by atoms with Gasteiger partial charge >= 0.3 is 0 Å². The van der Waals surface area contributed by atoms with Crippen molar-refractivity contribution in [2.24, 2.45) is 5.92 Å². The highest BCUT2D eigenvalue weighted by Crippen LogP contribution is 2.24. The maximum absolute atomic E-state index is 12.6. The summed E-state index contributed by atoms with van der Waals surface area (Å²) in [5.74, 6) is 0.216. The van der Waals surface area contributed by atoms with Gasteiger partial charge < -0.3 is 5.32 Å². The quantitative estimate of drug-likeness (QED) is 0.909. The molecule has 0 aliphatic carbocycles. The van der Waals surface area contributed by atoms with Gasteiger partial charge in [0.25, 0.3) is 0 Å². The lowest BCUT2D eigenvalue weighted by Crippen LogP contribution is -2.41. The Morgan fingerprint density at radius 1 is 1.12 bits per heavy atom. The van der Waals surface area contributed by atoms with Crippen LogP contribution in [0.25, 0.3) is 0 Å². The molecule has 25 heavy (non-hydrogen) atoms. The van der Waals surface area contributed by atoms with Crippen LogP contribution < -0.4 is 5.32 Å². The number of benzene rings is 1. The molecule has 1 aliphatic heterocycles. The topological polar surface area (TPSA) is 79.4 Å². The molecule has 1 saturated heterocycles. The van der Waals surface area contributed by atoms with Crippen LogP contribution in [0, 0.1) is 12.8 Å². The van der Waals surface area contributed by atoms with Crippen LogP contribution in [0.4, 0.5) is 5.82 Å². The molecule has 1 amide bonds. The fourth-order valence-corrected chi connectivity index (χ4v) is 4.36. The predicted octanol–water partition coefficient (Wildman–Crippen LogP) is 2.43. The van der Waals surface area contributed by atoms with Crippen LogP contribution >= 0.6 is 0 Å². The second-order valence-corrected chi connectivity index (χ2v) is 8.14. The van der Waals surface area contributed by atoms with Gasteiger partial charge in [-0.15, -0.1) is 0 Å². The van der Waals surface area contributed by atoms with Crippen LogP contribution in [0.5, 0.6) is 0 Å². The molecule has 132 valence electrons. The van der Waals surface area contributed by atoms with Gasteiger partial charge in [-0.05, 0) is 43.5 Å². The Morgan fingerprint density at radius 3 is 2.40 bits per heavy atom. The number of carbonyl (C=O) groups excluding carboxylic acids is 1. The van der Waals surface area contributed by atoms with Crippen molar-refractivity contribution in [3.05, 3.63) is 54.2 Å². The van der Waals surface area contributed by atoms with E-state index in [0.717, 1.165) is 5.56 Å². The van der Waals surface area contributed by atoms with Crippen LogP contribution in [0.1, 0.15) is 18.4 Å². The number of hydrogen-bond acceptors (Lipinski definition) is 4. The Bertz CT molecular complexity index is 828. The molecule has 1 aromatic carbocycles. The number of nitrogens with zero attached hydrogens (tertiary/aromatic N) is 2. The Hall–Kier alpha value is -2.25. The van der Waals surface area contributed by atoms with Gasteiger partial charge in [-0.1, -0.05) is 24.3 Å². The highest BCUT2D eigenvalue weighted by Gasteiger charge is 2.32. The number of pyridine rings is 1. The van der Waals surface area contributed by atoms with Crippen molar-refractivity contribution < 1.29 is 13.2 Å². The maximum Gasteiger partial charge on any atom is 0.243 e. The Labute approximate surface area is 147 Å². The molecule has 1 aliphatic rings. The number of carbonyl (C=O) groups is 1. The molecule has 3 rings (SSSR count). The van der Waals surface area contributed by atoms with Gasteiger partial charge in [0, 0.05) is 25.2 Å². The van der Waals surface area contributed by atoms with E-state index in [9.17, 15) is 13.2 Å². The average molecular weight is 359 g/mol. The SMILES string of the molecule is Cc1ccc(NC(=O)C2CCN(S(=O)(=O)c3ccccc3)CC2)nc1. The summed E-state index contributed by atoms with van der Waals surface area (Å²) in [5.41, 5.74) is 1.03. The summed E-state index contributed by atoms with van der Waals surface area (Å²) in [6, 6.07) is 12.0. The standard InChI is InChI=1S/C18H21N3O3S/c1-14-7-8-17(19-13-14)20-18(22)15-9-11-21(12-10-15)25(23,24)16-5-3-2-4-6-16/h2-8,13,15H,9-12H2,1H3,(H,19,20,22). The molecule has 0 spiro atoms. The monoisotopic (exact) mass is 359 g/mol. The van der Waals surface area contributed by atoms with Crippen molar-refractivity contribution in [2.75, 3.05) is 18.4 Å². The molecule has 7 heteroatoms. The van der Waals surface area contributed by atoms with Crippen LogP contribution in [-0.4, -0.2) is 36.7 Å². The number of rotatable bonds is 4. The van der Waals surface area contributed by atoms with Gasteiger partial charge in [-0.2, -0.15) is 4.31 Å². The van der Waals surface area contributed by atoms with E-state index in [0.29, 0.717) is 36.6 Å². The van der Waals surface area contributed by atoms with E-state index in [1.54, 1.807) is 42.6 Å². The largest absolute Gasteiger partial charge is 0.310 e. The second kappa shape index (κ2) is 7.33. The van der Waals surface area contributed by atoms with E-state index in [1.807, 2.05) is 13.0 Å². The second-order valence-electron chi connectivity index (χ2n) is 6.20. The molecule has 6 nitrogen and oxygen atoms in total. The number of piperidine rings is 1. The zero-order valence-corrected chi connectivity index (χ0v) is 14.9. The molecular weight excluding hydrogens is 338 g/mol. The molecule has 1 fully saturated rings. The summed E-state index contributed by atoms with van der Waals surface area (Å²) >= 11 is 0. The average Bonchev–Trinajstić information content (AvgIpc) is 2.64. The molecule has 2 heterocycles. The van der Waals surface area contributed by atoms with Crippen LogP contribution in [0.15, 0.2) is 53.6 Å². The highest BCUT2D eigenvalue weighted by atomic mass is 32.2. The van der Waals surface area contributed by atoms with Crippen molar-refractivity contribution in [3.8, 4) is 0 Å². The number of nitrogens with one attached hydrogen (secondary N) is 1. The summed E-state index contributed by atoms with van der Waals surface area (Å²) in [5, 5.41) is 2.81. The van der Waals surface area contributed by atoms with Crippen molar-refractivity contribution in [3.63, 3.8) is 0 Å². The summed E-state index contributed by atoms with van der Waals surface area (Å²) in [7, 11) is -3.49. The molecule has 0 unspecified atom stereocenters. The van der Waals surface area contributed by atoms with Crippen molar-refractivity contribution in [1.29, 1.82) is 0 Å². The van der Waals surface area contributed by atoms with Gasteiger partial charge in [0.15, 0.2) is 0 Å². The normalized spacial score (nSPS) is 16.5. The van der Waals surface area contributed by atoms with E-state index in [2.05, 4.69) is 10.3 Å². The van der Waals surface area contributed by atoms with E-state index in [-0.39, 0.29) is 11.8 Å². The van der Waals surface area contributed by atoms with Gasteiger partial charge in [-0.3, -0.25) is 4.79 Å². The number of amides is 1. The number of aryl methyl sites for hydroxylation is 1. The maximum atomic E-state index is 12.6. The number of hydrogen-bond donors (Lipinski definition) is 1. The first-order valence-corrected chi connectivity index (χ1v) is 9.69. The third-order valence-electron chi connectivity index (χ3n) is 4.37. The van der Waals surface area contributed by atoms with E-state index < -0.39 is 10.0 Å². The van der Waals surface area contributed by atoms with E-state index >= 15 is 0 Å². The Morgan fingerprint density at radius 2 is 1.80 bits per heavy atom. The first kappa shape index (κ1) is 17.6. The Balaban J connectivity index is 1.60. The van der Waals surface area contributed by atoms with Crippen LogP contribution in [0.3, 0.4) is 0 Å². The fraction of sp³-hybridized carbons (Fsp3) is 0.333. The zero-order chi connectivity index (χ0) is 17.9. The van der Waals surface area contributed by atoms with Crippen molar-refractivity contribution in [2.45, 2.75) is 24.7 Å². The van der Waals surface area contributed by atoms with E-state index in [1.165, 1.54) is 4.31 Å². The lowest BCUT2D eigenvalue weighted by atomic mass is 9.97. The van der Waals surface area contributed by atoms with Gasteiger partial charge in [0.05, 0.1) is 4.90 Å². The Kier molecular flexibility index (Phi) is 5.15. The first-order chi connectivity index (χ1) is 12.0. The van der Waals surface area contributed by atoms with Gasteiger partial charge in [0.2, 0.25) is 15.9 Å². The summed E-state index contributed by atoms with van der Waals surface area (Å²) in [4.78, 5) is 16.8.